The monoisotopic (exact) mass is 218 g/mol. The molecule has 15 heavy (non-hydrogen) atoms. The summed E-state index contributed by atoms with van der Waals surface area (Å²) in [4.78, 5) is 21.9. The van der Waals surface area contributed by atoms with Crippen molar-refractivity contribution in [2.75, 3.05) is 19.8 Å². The zero-order valence-electron chi connectivity index (χ0n) is 9.08. The number of aliphatic hydroxyl groups excluding tert-OH is 1. The third kappa shape index (κ3) is 9.01. The van der Waals surface area contributed by atoms with Gasteiger partial charge in [-0.2, -0.15) is 0 Å². The lowest BCUT2D eigenvalue weighted by molar-refractivity contribution is -0.121. The second-order valence-corrected chi connectivity index (χ2v) is 3.26. The minimum atomic E-state index is -0.624. The Hall–Kier alpha value is -1.30. The molecule has 88 valence electrons. The first-order valence-electron chi connectivity index (χ1n) is 4.87. The molecule has 6 nitrogen and oxygen atoms in total. The smallest absolute Gasteiger partial charge is 0.407 e. The number of rotatable bonds is 6. The lowest BCUT2D eigenvalue weighted by Gasteiger charge is -2.08. The van der Waals surface area contributed by atoms with Crippen LogP contribution in [-0.4, -0.2) is 42.9 Å². The Bertz CT molecular complexity index is 206. The van der Waals surface area contributed by atoms with Crippen molar-refractivity contribution >= 4 is 12.0 Å². The van der Waals surface area contributed by atoms with Gasteiger partial charge in [0.15, 0.2) is 0 Å². The van der Waals surface area contributed by atoms with E-state index < -0.39 is 6.09 Å². The standard InChI is InChI=1S/C9H18N2O4/c1-7(2)11-8(13)3-4-10-9(14)15-6-5-12/h7,12H,3-6H2,1-2H3,(H,10,14)(H,11,13). The van der Waals surface area contributed by atoms with E-state index in [1.165, 1.54) is 0 Å². The van der Waals surface area contributed by atoms with Crippen LogP contribution < -0.4 is 10.6 Å². The van der Waals surface area contributed by atoms with Gasteiger partial charge in [-0.3, -0.25) is 4.79 Å². The average Bonchev–Trinajstić information content (AvgIpc) is 2.13. The third-order valence-corrected chi connectivity index (χ3v) is 1.40. The summed E-state index contributed by atoms with van der Waals surface area (Å²) in [5, 5.41) is 13.4. The topological polar surface area (TPSA) is 87.7 Å². The van der Waals surface area contributed by atoms with Gasteiger partial charge in [-0.25, -0.2) is 4.79 Å². The van der Waals surface area contributed by atoms with Crippen molar-refractivity contribution < 1.29 is 19.4 Å². The Balaban J connectivity index is 3.44. The van der Waals surface area contributed by atoms with Gasteiger partial charge in [-0.1, -0.05) is 0 Å². The number of amides is 2. The predicted octanol–water partition coefficient (Wildman–Crippen LogP) is -0.380. The highest BCUT2D eigenvalue weighted by atomic mass is 16.6. The highest BCUT2D eigenvalue weighted by Gasteiger charge is 2.05. The Kier molecular flexibility index (Phi) is 7.35. The van der Waals surface area contributed by atoms with E-state index in [4.69, 9.17) is 5.11 Å². The molecule has 0 bridgehead atoms. The maximum atomic E-state index is 11.1. The first kappa shape index (κ1) is 13.7. The largest absolute Gasteiger partial charge is 0.447 e. The highest BCUT2D eigenvalue weighted by molar-refractivity contribution is 5.77. The number of alkyl carbamates (subject to hydrolysis) is 1. The zero-order valence-corrected chi connectivity index (χ0v) is 9.08. The summed E-state index contributed by atoms with van der Waals surface area (Å²) in [5.74, 6) is -0.118. The molecule has 0 heterocycles. The molecular formula is C9H18N2O4. The molecule has 0 aromatic rings. The summed E-state index contributed by atoms with van der Waals surface area (Å²) >= 11 is 0. The van der Waals surface area contributed by atoms with Gasteiger partial charge in [-0.15, -0.1) is 0 Å². The predicted molar refractivity (Wildman–Crippen MR) is 54.3 cm³/mol. The normalized spacial score (nSPS) is 9.87. The van der Waals surface area contributed by atoms with Gasteiger partial charge in [0.25, 0.3) is 0 Å². The Labute approximate surface area is 89.0 Å². The molecule has 0 unspecified atom stereocenters. The first-order chi connectivity index (χ1) is 7.06. The molecule has 0 atom stereocenters. The molecule has 0 aromatic heterocycles. The van der Waals surface area contributed by atoms with Gasteiger partial charge >= 0.3 is 6.09 Å². The summed E-state index contributed by atoms with van der Waals surface area (Å²) in [6.45, 7) is 3.70. The molecule has 0 aromatic carbocycles. The maximum Gasteiger partial charge on any atom is 0.407 e. The van der Waals surface area contributed by atoms with Crippen LogP contribution in [-0.2, 0) is 9.53 Å². The van der Waals surface area contributed by atoms with Gasteiger partial charge in [0.05, 0.1) is 6.61 Å². The van der Waals surface area contributed by atoms with Crippen LogP contribution in [0.25, 0.3) is 0 Å². The van der Waals surface area contributed by atoms with E-state index in [0.717, 1.165) is 0 Å². The van der Waals surface area contributed by atoms with E-state index in [2.05, 4.69) is 15.4 Å². The first-order valence-corrected chi connectivity index (χ1v) is 4.87. The Morgan fingerprint density at radius 2 is 2.07 bits per heavy atom. The van der Waals surface area contributed by atoms with E-state index >= 15 is 0 Å². The van der Waals surface area contributed by atoms with E-state index in [-0.39, 0.29) is 38.1 Å². The van der Waals surface area contributed by atoms with Gasteiger partial charge in [0, 0.05) is 19.0 Å². The van der Waals surface area contributed by atoms with Crippen LogP contribution in [0.3, 0.4) is 0 Å². The van der Waals surface area contributed by atoms with Gasteiger partial charge in [-0.05, 0) is 13.8 Å². The van der Waals surface area contributed by atoms with Crippen LogP contribution in [0.15, 0.2) is 0 Å². The van der Waals surface area contributed by atoms with Gasteiger partial charge in [0.2, 0.25) is 5.91 Å². The van der Waals surface area contributed by atoms with Gasteiger partial charge in [0.1, 0.15) is 6.61 Å². The Morgan fingerprint density at radius 1 is 1.40 bits per heavy atom. The van der Waals surface area contributed by atoms with Crippen molar-refractivity contribution in [3.63, 3.8) is 0 Å². The van der Waals surface area contributed by atoms with E-state index in [1.807, 2.05) is 13.8 Å². The summed E-state index contributed by atoms with van der Waals surface area (Å²) in [6, 6.07) is 0.0961. The third-order valence-electron chi connectivity index (χ3n) is 1.40. The van der Waals surface area contributed by atoms with E-state index in [0.29, 0.717) is 0 Å². The number of hydrogen-bond acceptors (Lipinski definition) is 4. The van der Waals surface area contributed by atoms with Gasteiger partial charge < -0.3 is 20.5 Å². The second kappa shape index (κ2) is 8.05. The van der Waals surface area contributed by atoms with E-state index in [1.54, 1.807) is 0 Å². The summed E-state index contributed by atoms with van der Waals surface area (Å²) in [7, 11) is 0. The molecule has 0 radical (unpaired) electrons. The second-order valence-electron chi connectivity index (χ2n) is 3.26. The maximum absolute atomic E-state index is 11.1. The number of ether oxygens (including phenoxy) is 1. The van der Waals surface area contributed by atoms with Crippen molar-refractivity contribution in [3.8, 4) is 0 Å². The van der Waals surface area contributed by atoms with Crippen molar-refractivity contribution in [2.24, 2.45) is 0 Å². The fourth-order valence-corrected chi connectivity index (χ4v) is 0.862. The lowest BCUT2D eigenvalue weighted by Crippen LogP contribution is -2.34. The molecule has 0 aliphatic carbocycles. The van der Waals surface area contributed by atoms with Crippen molar-refractivity contribution in [3.05, 3.63) is 0 Å². The lowest BCUT2D eigenvalue weighted by atomic mass is 10.3. The van der Waals surface area contributed by atoms with Crippen LogP contribution >= 0.6 is 0 Å². The van der Waals surface area contributed by atoms with Crippen molar-refractivity contribution in [1.29, 1.82) is 0 Å². The van der Waals surface area contributed by atoms with E-state index in [9.17, 15) is 9.59 Å². The molecular weight excluding hydrogens is 200 g/mol. The number of nitrogens with one attached hydrogen (secondary N) is 2. The molecule has 0 fully saturated rings. The molecule has 6 heteroatoms. The van der Waals surface area contributed by atoms with Crippen molar-refractivity contribution in [1.82, 2.24) is 10.6 Å². The van der Waals surface area contributed by atoms with Crippen LogP contribution in [0.1, 0.15) is 20.3 Å². The molecule has 2 amide bonds. The van der Waals surface area contributed by atoms with Crippen molar-refractivity contribution in [2.45, 2.75) is 26.3 Å². The quantitative estimate of drug-likeness (QED) is 0.567. The molecule has 3 N–H and O–H groups in total. The minimum Gasteiger partial charge on any atom is -0.447 e. The fourth-order valence-electron chi connectivity index (χ4n) is 0.862. The summed E-state index contributed by atoms with van der Waals surface area (Å²) in [5.41, 5.74) is 0. The molecule has 0 rings (SSSR count). The van der Waals surface area contributed by atoms with Crippen LogP contribution in [0, 0.1) is 0 Å². The van der Waals surface area contributed by atoms with Crippen LogP contribution in [0.5, 0.6) is 0 Å². The summed E-state index contributed by atoms with van der Waals surface area (Å²) in [6.07, 6.45) is -0.409. The highest BCUT2D eigenvalue weighted by Crippen LogP contribution is 1.83. The molecule has 0 aliphatic heterocycles. The molecule has 0 saturated heterocycles. The molecule has 0 spiro atoms. The SMILES string of the molecule is CC(C)NC(=O)CCNC(=O)OCCO. The van der Waals surface area contributed by atoms with Crippen LogP contribution in [0.4, 0.5) is 4.79 Å². The number of carbonyl (C=O) groups is 2. The number of carbonyl (C=O) groups excluding carboxylic acids is 2. The minimum absolute atomic E-state index is 0.0377. The summed E-state index contributed by atoms with van der Waals surface area (Å²) < 4.78 is 4.52. The Morgan fingerprint density at radius 3 is 2.60 bits per heavy atom. The average molecular weight is 218 g/mol. The molecule has 0 aliphatic rings. The van der Waals surface area contributed by atoms with Crippen LogP contribution in [0.2, 0.25) is 0 Å². The fraction of sp³-hybridized carbons (Fsp3) is 0.778. The number of hydrogen-bond donors (Lipinski definition) is 3. The molecule has 0 saturated carbocycles. The zero-order chi connectivity index (χ0) is 11.7. The number of aliphatic hydroxyl groups is 1.